The highest BCUT2D eigenvalue weighted by molar-refractivity contribution is 5.51. The van der Waals surface area contributed by atoms with Crippen LogP contribution in [-0.2, 0) is 12.0 Å². The number of fused-ring (bicyclic) bond motifs is 7. The Kier molecular flexibility index (Phi) is 2.60. The van der Waals surface area contributed by atoms with Crippen LogP contribution in [0.1, 0.15) is 35.2 Å². The standard InChI is InChI=1S/C19H22NO/c1-19-16-9-5-3-7-14(16)13-18(20(19,2)11-12-21)15-8-4-6-10-17(15)19/h3-10,18,21H,11-13H2,1-2H3/q+1/t18-,19+,20-/m1/s1. The molecule has 0 radical (unpaired) electrons. The topological polar surface area (TPSA) is 20.2 Å². The molecular formula is C19H22NO+. The van der Waals surface area contributed by atoms with E-state index in [9.17, 15) is 5.11 Å². The van der Waals surface area contributed by atoms with E-state index in [-0.39, 0.29) is 12.1 Å². The molecule has 0 aromatic heterocycles. The molecule has 2 aliphatic heterocycles. The maximum atomic E-state index is 9.67. The molecule has 3 atom stereocenters. The van der Waals surface area contributed by atoms with Gasteiger partial charge in [-0.2, -0.15) is 0 Å². The Morgan fingerprint density at radius 3 is 2.52 bits per heavy atom. The number of nitrogens with zero attached hydrogens (tertiary/aromatic N) is 1. The fourth-order valence-corrected chi connectivity index (χ4v) is 4.83. The third-order valence-electron chi connectivity index (χ3n) is 6.07. The number of rotatable bonds is 2. The SMILES string of the molecule is C[C@]12c3ccccc3C[C@H](c3ccccc31)[N@@+]2(C)CCO. The van der Waals surface area contributed by atoms with Crippen molar-refractivity contribution in [3.05, 3.63) is 70.8 Å². The van der Waals surface area contributed by atoms with Gasteiger partial charge >= 0.3 is 0 Å². The lowest BCUT2D eigenvalue weighted by molar-refractivity contribution is -0.981. The Morgan fingerprint density at radius 1 is 1.10 bits per heavy atom. The smallest absolute Gasteiger partial charge is 0.149 e. The molecule has 0 aliphatic carbocycles. The average molecular weight is 280 g/mol. The van der Waals surface area contributed by atoms with Gasteiger partial charge in [0.2, 0.25) is 0 Å². The monoisotopic (exact) mass is 280 g/mol. The summed E-state index contributed by atoms with van der Waals surface area (Å²) < 4.78 is 0.889. The molecule has 2 heterocycles. The number of likely N-dealkylation sites (N-methyl/N-ethyl adjacent to an activating group) is 1. The largest absolute Gasteiger partial charge is 0.391 e. The van der Waals surface area contributed by atoms with Gasteiger partial charge in [0.25, 0.3) is 0 Å². The van der Waals surface area contributed by atoms with E-state index in [1.54, 1.807) is 0 Å². The van der Waals surface area contributed by atoms with E-state index in [0.717, 1.165) is 17.4 Å². The van der Waals surface area contributed by atoms with Crippen LogP contribution in [0.2, 0.25) is 0 Å². The minimum absolute atomic E-state index is 0.0567. The van der Waals surface area contributed by atoms with Crippen LogP contribution in [0, 0.1) is 0 Å². The first kappa shape index (κ1) is 13.1. The van der Waals surface area contributed by atoms with Crippen LogP contribution in [-0.4, -0.2) is 29.8 Å². The Hall–Kier alpha value is -1.64. The molecule has 2 aromatic carbocycles. The van der Waals surface area contributed by atoms with E-state index < -0.39 is 0 Å². The molecule has 0 amide bonds. The van der Waals surface area contributed by atoms with Crippen molar-refractivity contribution in [3.8, 4) is 0 Å². The van der Waals surface area contributed by atoms with Gasteiger partial charge in [-0.3, -0.25) is 0 Å². The molecule has 0 unspecified atom stereocenters. The zero-order valence-electron chi connectivity index (χ0n) is 12.7. The molecule has 0 spiro atoms. The van der Waals surface area contributed by atoms with Crippen LogP contribution in [0.25, 0.3) is 0 Å². The number of hydrogen-bond acceptors (Lipinski definition) is 1. The predicted molar refractivity (Wildman–Crippen MR) is 83.9 cm³/mol. The number of aliphatic hydroxyl groups excluding tert-OH is 1. The maximum absolute atomic E-state index is 9.67. The maximum Gasteiger partial charge on any atom is 0.149 e. The summed E-state index contributed by atoms with van der Waals surface area (Å²) in [5.41, 5.74) is 5.75. The van der Waals surface area contributed by atoms with Gasteiger partial charge in [0.1, 0.15) is 18.1 Å². The zero-order valence-corrected chi connectivity index (χ0v) is 12.7. The van der Waals surface area contributed by atoms with Crippen LogP contribution in [0.4, 0.5) is 0 Å². The molecule has 2 heteroatoms. The van der Waals surface area contributed by atoms with Crippen molar-refractivity contribution in [1.82, 2.24) is 0 Å². The van der Waals surface area contributed by atoms with Gasteiger partial charge in [0.05, 0.1) is 13.7 Å². The van der Waals surface area contributed by atoms with Gasteiger partial charge in [-0.25, -0.2) is 0 Å². The number of quaternary nitrogens is 1. The first-order valence-electron chi connectivity index (χ1n) is 7.77. The summed E-state index contributed by atoms with van der Waals surface area (Å²) in [7, 11) is 2.32. The summed E-state index contributed by atoms with van der Waals surface area (Å²) in [4.78, 5) is 0. The predicted octanol–water partition coefficient (Wildman–Crippen LogP) is 3.00. The van der Waals surface area contributed by atoms with Crippen LogP contribution in [0.3, 0.4) is 0 Å². The molecule has 21 heavy (non-hydrogen) atoms. The second kappa shape index (κ2) is 4.19. The molecule has 108 valence electrons. The first-order chi connectivity index (χ1) is 10.1. The normalized spacial score (nSPS) is 32.6. The van der Waals surface area contributed by atoms with E-state index in [4.69, 9.17) is 0 Å². The molecule has 2 aromatic rings. The third kappa shape index (κ3) is 1.39. The van der Waals surface area contributed by atoms with Crippen molar-refractivity contribution >= 4 is 0 Å². The number of benzene rings is 2. The lowest BCUT2D eigenvalue weighted by Crippen LogP contribution is -2.60. The second-order valence-electron chi connectivity index (χ2n) is 6.75. The highest BCUT2D eigenvalue weighted by atomic mass is 16.3. The number of hydrogen-bond donors (Lipinski definition) is 1. The van der Waals surface area contributed by atoms with Crippen molar-refractivity contribution in [2.24, 2.45) is 0 Å². The molecule has 0 fully saturated rings. The van der Waals surface area contributed by atoms with E-state index in [1.165, 1.54) is 22.3 Å². The summed E-state index contributed by atoms with van der Waals surface area (Å²) in [6.07, 6.45) is 1.07. The molecule has 2 bridgehead atoms. The van der Waals surface area contributed by atoms with Gasteiger partial charge in [0.15, 0.2) is 0 Å². The fraction of sp³-hybridized carbons (Fsp3) is 0.368. The highest BCUT2D eigenvalue weighted by Crippen LogP contribution is 2.59. The van der Waals surface area contributed by atoms with Crippen molar-refractivity contribution in [1.29, 1.82) is 0 Å². The van der Waals surface area contributed by atoms with E-state index in [2.05, 4.69) is 62.5 Å². The Balaban J connectivity index is 2.06. The van der Waals surface area contributed by atoms with Crippen molar-refractivity contribution in [2.45, 2.75) is 24.9 Å². The average Bonchev–Trinajstić information content (AvgIpc) is 2.62. The zero-order chi connectivity index (χ0) is 14.7. The minimum Gasteiger partial charge on any atom is -0.391 e. The van der Waals surface area contributed by atoms with Gasteiger partial charge in [-0.1, -0.05) is 48.5 Å². The van der Waals surface area contributed by atoms with Gasteiger partial charge in [0, 0.05) is 23.1 Å². The lowest BCUT2D eigenvalue weighted by Gasteiger charge is -2.51. The van der Waals surface area contributed by atoms with Crippen molar-refractivity contribution in [3.63, 3.8) is 0 Å². The Labute approximate surface area is 126 Å². The summed E-state index contributed by atoms with van der Waals surface area (Å²) in [6.45, 7) is 3.39. The molecule has 4 rings (SSSR count). The Morgan fingerprint density at radius 2 is 1.76 bits per heavy atom. The van der Waals surface area contributed by atoms with Crippen molar-refractivity contribution < 1.29 is 9.59 Å². The fourth-order valence-electron chi connectivity index (χ4n) is 4.83. The van der Waals surface area contributed by atoms with E-state index >= 15 is 0 Å². The highest BCUT2D eigenvalue weighted by Gasteiger charge is 2.61. The number of aliphatic hydroxyl groups is 1. The summed E-state index contributed by atoms with van der Waals surface area (Å²) >= 11 is 0. The van der Waals surface area contributed by atoms with Crippen molar-refractivity contribution in [2.75, 3.05) is 20.2 Å². The van der Waals surface area contributed by atoms with Crippen LogP contribution < -0.4 is 0 Å². The van der Waals surface area contributed by atoms with Crippen LogP contribution in [0.15, 0.2) is 48.5 Å². The molecule has 2 nitrogen and oxygen atoms in total. The van der Waals surface area contributed by atoms with E-state index in [1.807, 2.05) is 0 Å². The summed E-state index contributed by atoms with van der Waals surface area (Å²) in [6, 6.07) is 18.2. The molecule has 1 N–H and O–H groups in total. The van der Waals surface area contributed by atoms with E-state index in [0.29, 0.717) is 6.04 Å². The summed E-state index contributed by atoms with van der Waals surface area (Å²) in [5.74, 6) is 0. The molecule has 0 saturated carbocycles. The molecule has 2 aliphatic rings. The van der Waals surface area contributed by atoms with Crippen LogP contribution in [0.5, 0.6) is 0 Å². The minimum atomic E-state index is -0.0567. The van der Waals surface area contributed by atoms with Gasteiger partial charge < -0.3 is 9.59 Å². The Bertz CT molecular complexity index is 697. The first-order valence-corrected chi connectivity index (χ1v) is 7.77. The third-order valence-corrected chi connectivity index (χ3v) is 6.07. The lowest BCUT2D eigenvalue weighted by atomic mass is 9.79. The van der Waals surface area contributed by atoms with Gasteiger partial charge in [-0.15, -0.1) is 0 Å². The molecule has 0 saturated heterocycles. The van der Waals surface area contributed by atoms with Crippen LogP contribution >= 0.6 is 0 Å². The quantitative estimate of drug-likeness (QED) is 0.839. The van der Waals surface area contributed by atoms with Gasteiger partial charge in [-0.05, 0) is 12.5 Å². The second-order valence-corrected chi connectivity index (χ2v) is 6.75. The summed E-state index contributed by atoms with van der Waals surface area (Å²) in [5, 5.41) is 9.67. The molecular weight excluding hydrogens is 258 g/mol.